The van der Waals surface area contributed by atoms with Gasteiger partial charge in [-0.15, -0.1) is 0 Å². The summed E-state index contributed by atoms with van der Waals surface area (Å²) in [5.41, 5.74) is 0.963. The van der Waals surface area contributed by atoms with Gasteiger partial charge in [0.2, 0.25) is 5.91 Å². The number of ether oxygens (including phenoxy) is 1. The molecule has 2 amide bonds. The second-order valence-electron chi connectivity index (χ2n) is 9.22. The molecule has 204 valence electrons. The van der Waals surface area contributed by atoms with Gasteiger partial charge in [-0.3, -0.25) is 9.59 Å². The van der Waals surface area contributed by atoms with Gasteiger partial charge in [-0.05, 0) is 80.0 Å². The monoisotopic (exact) mass is 544 g/mol. The zero-order valence-corrected chi connectivity index (χ0v) is 21.3. The number of nitrogens with one attached hydrogen (secondary N) is 4. The summed E-state index contributed by atoms with van der Waals surface area (Å²) in [4.78, 5) is 33.5. The van der Waals surface area contributed by atoms with E-state index in [1.165, 1.54) is 54.9 Å². The predicted molar refractivity (Wildman–Crippen MR) is 147 cm³/mol. The van der Waals surface area contributed by atoms with E-state index in [0.29, 0.717) is 35.3 Å². The summed E-state index contributed by atoms with van der Waals surface area (Å²) in [6.45, 7) is 1.73. The average Bonchev–Trinajstić information content (AvgIpc) is 3.45. The van der Waals surface area contributed by atoms with Crippen LogP contribution in [-0.2, 0) is 4.79 Å². The van der Waals surface area contributed by atoms with Gasteiger partial charge in [-0.1, -0.05) is 0 Å². The van der Waals surface area contributed by atoms with Crippen LogP contribution in [0.1, 0.15) is 23.2 Å². The third kappa shape index (κ3) is 6.94. The van der Waals surface area contributed by atoms with Gasteiger partial charge in [0.25, 0.3) is 5.91 Å². The third-order valence-electron chi connectivity index (χ3n) is 6.21. The second kappa shape index (κ2) is 12.3. The summed E-state index contributed by atoms with van der Waals surface area (Å²) in [7, 11) is 0. The molecule has 9 nitrogen and oxygen atoms in total. The van der Waals surface area contributed by atoms with Gasteiger partial charge in [0.15, 0.2) is 11.6 Å². The molecule has 11 heteroatoms. The minimum Gasteiger partial charge on any atom is -0.454 e. The Morgan fingerprint density at radius 3 is 2.55 bits per heavy atom. The summed E-state index contributed by atoms with van der Waals surface area (Å²) >= 11 is 0. The highest BCUT2D eigenvalue weighted by Crippen LogP contribution is 2.29. The van der Waals surface area contributed by atoms with Crippen molar-refractivity contribution in [1.29, 1.82) is 0 Å². The molecule has 40 heavy (non-hydrogen) atoms. The van der Waals surface area contributed by atoms with Crippen LogP contribution in [0.15, 0.2) is 79.1 Å². The van der Waals surface area contributed by atoms with E-state index < -0.39 is 17.5 Å². The molecule has 2 aromatic heterocycles. The van der Waals surface area contributed by atoms with Crippen molar-refractivity contribution >= 4 is 34.8 Å². The number of hydrogen-bond acceptors (Lipinski definition) is 7. The number of nitrogens with zero attached hydrogens (tertiary/aromatic N) is 2. The van der Waals surface area contributed by atoms with Crippen LogP contribution >= 0.6 is 0 Å². The molecule has 1 unspecified atom stereocenters. The Hall–Kier alpha value is -4.90. The van der Waals surface area contributed by atoms with E-state index in [4.69, 9.17) is 4.74 Å². The molecular formula is C29H26F2N6O3. The van der Waals surface area contributed by atoms with Gasteiger partial charge < -0.3 is 26.0 Å². The lowest BCUT2D eigenvalue weighted by atomic mass is 10.0. The number of amides is 2. The van der Waals surface area contributed by atoms with Gasteiger partial charge in [-0.2, -0.15) is 0 Å². The largest absolute Gasteiger partial charge is 0.454 e. The van der Waals surface area contributed by atoms with Crippen LogP contribution in [0.3, 0.4) is 0 Å². The van der Waals surface area contributed by atoms with Crippen LogP contribution in [0.25, 0.3) is 0 Å². The number of anilines is 4. The molecule has 1 atom stereocenters. The quantitative estimate of drug-likeness (QED) is 0.220. The van der Waals surface area contributed by atoms with Crippen molar-refractivity contribution < 1.29 is 23.1 Å². The van der Waals surface area contributed by atoms with Crippen molar-refractivity contribution in [3.05, 3.63) is 96.3 Å². The number of pyridine rings is 2. The first kappa shape index (κ1) is 26.7. The predicted octanol–water partition coefficient (Wildman–Crippen LogP) is 5.48. The van der Waals surface area contributed by atoms with E-state index in [9.17, 15) is 18.4 Å². The Labute approximate surface area is 229 Å². The molecule has 5 rings (SSSR count). The summed E-state index contributed by atoms with van der Waals surface area (Å²) in [5.74, 6) is -0.602. The number of hydrogen-bond donors (Lipinski definition) is 4. The van der Waals surface area contributed by atoms with E-state index >= 15 is 0 Å². The molecule has 1 aliphatic heterocycles. The van der Waals surface area contributed by atoms with Crippen LogP contribution in [0.5, 0.6) is 11.5 Å². The van der Waals surface area contributed by atoms with Gasteiger partial charge in [-0.25, -0.2) is 18.7 Å². The van der Waals surface area contributed by atoms with Crippen molar-refractivity contribution in [2.24, 2.45) is 5.92 Å². The summed E-state index contributed by atoms with van der Waals surface area (Å²) < 4.78 is 33.8. The Bertz CT molecular complexity index is 1510. The zero-order valence-electron chi connectivity index (χ0n) is 21.3. The fourth-order valence-corrected chi connectivity index (χ4v) is 4.23. The minimum atomic E-state index is -0.658. The SMILES string of the molecule is O=C(CC1CCNC1)Nc1cc(Oc2ccc(Nc3ncccc3C(=O)Nc3ccc(F)cc3)cc2F)ccn1. The van der Waals surface area contributed by atoms with Crippen LogP contribution in [0.2, 0.25) is 0 Å². The van der Waals surface area contributed by atoms with Crippen LogP contribution in [-0.4, -0.2) is 34.9 Å². The van der Waals surface area contributed by atoms with Gasteiger partial charge >= 0.3 is 0 Å². The van der Waals surface area contributed by atoms with E-state index in [2.05, 4.69) is 31.2 Å². The van der Waals surface area contributed by atoms with Gasteiger partial charge in [0.1, 0.15) is 23.2 Å². The molecule has 1 aliphatic rings. The smallest absolute Gasteiger partial charge is 0.259 e. The fourth-order valence-electron chi connectivity index (χ4n) is 4.23. The molecule has 4 aromatic rings. The molecule has 1 saturated heterocycles. The number of carbonyl (C=O) groups is 2. The Morgan fingerprint density at radius 1 is 0.950 bits per heavy atom. The maximum Gasteiger partial charge on any atom is 0.259 e. The highest BCUT2D eigenvalue weighted by Gasteiger charge is 2.19. The molecule has 1 fully saturated rings. The van der Waals surface area contributed by atoms with Gasteiger partial charge in [0, 0.05) is 42.3 Å². The Balaban J connectivity index is 1.23. The molecule has 0 saturated carbocycles. The standard InChI is InChI=1S/C29H26F2N6O3/c30-19-3-5-20(6-4-19)36-29(39)23-2-1-11-34-28(23)35-21-7-8-25(24(31)15-21)40-22-10-13-33-26(16-22)37-27(38)14-18-9-12-32-17-18/h1-8,10-11,13,15-16,18,32H,9,12,14,17H2,(H,34,35)(H,36,39)(H,33,37,38). The fraction of sp³-hybridized carbons (Fsp3) is 0.172. The number of halogens is 2. The van der Waals surface area contributed by atoms with E-state index in [-0.39, 0.29) is 23.0 Å². The maximum atomic E-state index is 15.0. The maximum absolute atomic E-state index is 15.0. The highest BCUT2D eigenvalue weighted by molar-refractivity contribution is 6.07. The summed E-state index contributed by atoms with van der Waals surface area (Å²) in [6.07, 6.45) is 4.32. The first-order chi connectivity index (χ1) is 19.4. The van der Waals surface area contributed by atoms with Crippen LogP contribution in [0, 0.1) is 17.6 Å². The van der Waals surface area contributed by atoms with Crippen molar-refractivity contribution in [1.82, 2.24) is 15.3 Å². The second-order valence-corrected chi connectivity index (χ2v) is 9.22. The van der Waals surface area contributed by atoms with Gasteiger partial charge in [0.05, 0.1) is 5.56 Å². The van der Waals surface area contributed by atoms with Crippen LogP contribution in [0.4, 0.5) is 31.8 Å². The Morgan fingerprint density at radius 2 is 1.77 bits per heavy atom. The van der Waals surface area contributed by atoms with Crippen molar-refractivity contribution in [3.63, 3.8) is 0 Å². The van der Waals surface area contributed by atoms with Crippen molar-refractivity contribution in [3.8, 4) is 11.5 Å². The third-order valence-corrected chi connectivity index (χ3v) is 6.21. The van der Waals surface area contributed by atoms with Crippen LogP contribution < -0.4 is 26.0 Å². The Kier molecular flexibility index (Phi) is 8.21. The minimum absolute atomic E-state index is 0.0404. The normalized spacial score (nSPS) is 14.4. The molecule has 0 bridgehead atoms. The molecular weight excluding hydrogens is 518 g/mol. The number of aromatic nitrogens is 2. The topological polar surface area (TPSA) is 117 Å². The van der Waals surface area contributed by atoms with E-state index in [0.717, 1.165) is 19.5 Å². The van der Waals surface area contributed by atoms with Crippen molar-refractivity contribution in [2.45, 2.75) is 12.8 Å². The molecule has 0 spiro atoms. The first-order valence-corrected chi connectivity index (χ1v) is 12.7. The molecule has 4 N–H and O–H groups in total. The molecule has 0 aliphatic carbocycles. The number of benzene rings is 2. The van der Waals surface area contributed by atoms with E-state index in [1.807, 2.05) is 0 Å². The lowest BCUT2D eigenvalue weighted by molar-refractivity contribution is -0.117. The first-order valence-electron chi connectivity index (χ1n) is 12.7. The lowest BCUT2D eigenvalue weighted by Gasteiger charge is -2.13. The van der Waals surface area contributed by atoms with E-state index in [1.54, 1.807) is 24.3 Å². The summed E-state index contributed by atoms with van der Waals surface area (Å²) in [5, 5.41) is 11.6. The lowest BCUT2D eigenvalue weighted by Crippen LogP contribution is -2.18. The summed E-state index contributed by atoms with van der Waals surface area (Å²) in [6, 6.07) is 15.8. The van der Waals surface area contributed by atoms with Crippen molar-refractivity contribution in [2.75, 3.05) is 29.0 Å². The number of carbonyl (C=O) groups excluding carboxylic acids is 2. The zero-order chi connectivity index (χ0) is 27.9. The molecule has 3 heterocycles. The average molecular weight is 545 g/mol. The highest BCUT2D eigenvalue weighted by atomic mass is 19.1. The number of rotatable bonds is 9. The molecule has 0 radical (unpaired) electrons. The molecule has 2 aromatic carbocycles.